The molecule has 94 valence electrons. The fourth-order valence-corrected chi connectivity index (χ4v) is 4.64. The maximum Gasteiger partial charge on any atom is 0.0701 e. The lowest BCUT2D eigenvalue weighted by atomic mass is 9.94. The molecule has 0 bridgehead atoms. The van der Waals surface area contributed by atoms with Gasteiger partial charge >= 0.3 is 0 Å². The standard InChI is InChI=1S/C13H19BrN2S/c1-9(12-4-5-13(14)17-12)16-7-10-3-2-6-15-11(10)8-16/h4-5,9-11,15H,2-3,6-8H2,1H3. The topological polar surface area (TPSA) is 15.3 Å². The summed E-state index contributed by atoms with van der Waals surface area (Å²) in [4.78, 5) is 4.13. The van der Waals surface area contributed by atoms with Crippen molar-refractivity contribution < 1.29 is 0 Å². The Labute approximate surface area is 116 Å². The van der Waals surface area contributed by atoms with Crippen molar-refractivity contribution in [3.63, 3.8) is 0 Å². The molecule has 4 heteroatoms. The zero-order valence-electron chi connectivity index (χ0n) is 10.2. The minimum absolute atomic E-state index is 0.568. The normalized spacial score (nSPS) is 31.4. The minimum Gasteiger partial charge on any atom is -0.312 e. The van der Waals surface area contributed by atoms with E-state index in [4.69, 9.17) is 0 Å². The molecule has 3 rings (SSSR count). The molecule has 2 saturated heterocycles. The van der Waals surface area contributed by atoms with Crippen molar-refractivity contribution in [1.82, 2.24) is 10.2 Å². The quantitative estimate of drug-likeness (QED) is 0.901. The van der Waals surface area contributed by atoms with Gasteiger partial charge in [-0.2, -0.15) is 0 Å². The Morgan fingerprint density at radius 3 is 3.06 bits per heavy atom. The van der Waals surface area contributed by atoms with Crippen LogP contribution in [0.3, 0.4) is 0 Å². The maximum absolute atomic E-state index is 3.68. The third kappa shape index (κ3) is 2.46. The number of thiophene rings is 1. The number of nitrogens with one attached hydrogen (secondary N) is 1. The van der Waals surface area contributed by atoms with Gasteiger partial charge in [0, 0.05) is 30.1 Å². The van der Waals surface area contributed by atoms with Crippen molar-refractivity contribution in [2.75, 3.05) is 19.6 Å². The molecule has 0 amide bonds. The van der Waals surface area contributed by atoms with Crippen LogP contribution >= 0.6 is 27.3 Å². The van der Waals surface area contributed by atoms with Gasteiger partial charge in [0.2, 0.25) is 0 Å². The number of fused-ring (bicyclic) bond motifs is 1. The van der Waals surface area contributed by atoms with Crippen LogP contribution in [0.15, 0.2) is 15.9 Å². The lowest BCUT2D eigenvalue weighted by Gasteiger charge is -2.25. The number of likely N-dealkylation sites (tertiary alicyclic amines) is 1. The van der Waals surface area contributed by atoms with Crippen LogP contribution in [0.25, 0.3) is 0 Å². The second kappa shape index (κ2) is 5.00. The van der Waals surface area contributed by atoms with E-state index >= 15 is 0 Å². The van der Waals surface area contributed by atoms with Gasteiger partial charge in [0.15, 0.2) is 0 Å². The zero-order valence-corrected chi connectivity index (χ0v) is 12.6. The molecule has 1 N–H and O–H groups in total. The van der Waals surface area contributed by atoms with E-state index in [1.165, 1.54) is 41.1 Å². The molecular weight excluding hydrogens is 296 g/mol. The first-order chi connectivity index (χ1) is 8.24. The van der Waals surface area contributed by atoms with Gasteiger partial charge in [0.25, 0.3) is 0 Å². The molecule has 2 aliphatic rings. The molecule has 0 saturated carbocycles. The van der Waals surface area contributed by atoms with Crippen molar-refractivity contribution >= 4 is 27.3 Å². The van der Waals surface area contributed by atoms with E-state index in [-0.39, 0.29) is 0 Å². The third-order valence-corrected chi connectivity index (χ3v) is 5.97. The highest BCUT2D eigenvalue weighted by atomic mass is 79.9. The molecule has 1 aromatic heterocycles. The lowest BCUT2D eigenvalue weighted by molar-refractivity contribution is 0.254. The molecule has 3 heterocycles. The van der Waals surface area contributed by atoms with Crippen LogP contribution in [0.1, 0.15) is 30.7 Å². The van der Waals surface area contributed by atoms with Gasteiger partial charge in [0.1, 0.15) is 0 Å². The predicted molar refractivity (Wildman–Crippen MR) is 76.5 cm³/mol. The van der Waals surface area contributed by atoms with E-state index in [1.54, 1.807) is 0 Å². The number of halogens is 1. The van der Waals surface area contributed by atoms with Gasteiger partial charge < -0.3 is 5.32 Å². The highest BCUT2D eigenvalue weighted by molar-refractivity contribution is 9.11. The Hall–Kier alpha value is 0.1000. The molecule has 2 aliphatic heterocycles. The van der Waals surface area contributed by atoms with Crippen LogP contribution in [0, 0.1) is 5.92 Å². The van der Waals surface area contributed by atoms with E-state index in [2.05, 4.69) is 45.2 Å². The molecule has 2 nitrogen and oxygen atoms in total. The van der Waals surface area contributed by atoms with Crippen LogP contribution in [0.4, 0.5) is 0 Å². The Kier molecular flexibility index (Phi) is 3.57. The van der Waals surface area contributed by atoms with Crippen LogP contribution in [-0.4, -0.2) is 30.6 Å². The molecule has 0 aromatic carbocycles. The van der Waals surface area contributed by atoms with E-state index in [9.17, 15) is 0 Å². The van der Waals surface area contributed by atoms with Crippen molar-refractivity contribution in [3.05, 3.63) is 20.8 Å². The van der Waals surface area contributed by atoms with E-state index in [1.807, 2.05) is 11.3 Å². The minimum atomic E-state index is 0.568. The van der Waals surface area contributed by atoms with Gasteiger partial charge in [0.05, 0.1) is 3.79 Å². The molecule has 2 fully saturated rings. The first-order valence-electron chi connectivity index (χ1n) is 6.46. The van der Waals surface area contributed by atoms with Gasteiger partial charge in [-0.3, -0.25) is 4.90 Å². The van der Waals surface area contributed by atoms with E-state index in [0.29, 0.717) is 6.04 Å². The van der Waals surface area contributed by atoms with Gasteiger partial charge in [-0.15, -0.1) is 11.3 Å². The maximum atomic E-state index is 3.68. The fraction of sp³-hybridized carbons (Fsp3) is 0.692. The average molecular weight is 315 g/mol. The van der Waals surface area contributed by atoms with Crippen molar-refractivity contribution in [2.45, 2.75) is 31.8 Å². The monoisotopic (exact) mass is 314 g/mol. The van der Waals surface area contributed by atoms with E-state index in [0.717, 1.165) is 12.0 Å². The summed E-state index contributed by atoms with van der Waals surface area (Å²) >= 11 is 5.43. The van der Waals surface area contributed by atoms with Gasteiger partial charge in [-0.1, -0.05) is 0 Å². The Morgan fingerprint density at radius 1 is 1.47 bits per heavy atom. The fourth-order valence-electron chi connectivity index (χ4n) is 3.13. The van der Waals surface area contributed by atoms with Crippen LogP contribution in [0.5, 0.6) is 0 Å². The summed E-state index contributed by atoms with van der Waals surface area (Å²) < 4.78 is 1.24. The highest BCUT2D eigenvalue weighted by Crippen LogP contribution is 2.35. The summed E-state index contributed by atoms with van der Waals surface area (Å²) in [5.74, 6) is 0.884. The molecule has 3 atom stereocenters. The second-order valence-corrected chi connectivity index (χ2v) is 7.73. The zero-order chi connectivity index (χ0) is 11.8. The predicted octanol–water partition coefficient (Wildman–Crippen LogP) is 3.26. The Balaban J connectivity index is 1.69. The summed E-state index contributed by atoms with van der Waals surface area (Å²) in [6.07, 6.45) is 2.77. The number of hydrogen-bond acceptors (Lipinski definition) is 3. The third-order valence-electron chi connectivity index (χ3n) is 4.18. The number of hydrogen-bond donors (Lipinski definition) is 1. The molecule has 0 spiro atoms. The van der Waals surface area contributed by atoms with Crippen molar-refractivity contribution in [3.8, 4) is 0 Å². The Morgan fingerprint density at radius 2 is 2.35 bits per heavy atom. The second-order valence-electron chi connectivity index (χ2n) is 5.23. The molecule has 17 heavy (non-hydrogen) atoms. The number of rotatable bonds is 2. The largest absolute Gasteiger partial charge is 0.312 e. The van der Waals surface area contributed by atoms with Gasteiger partial charge in [-0.05, 0) is 60.3 Å². The van der Waals surface area contributed by atoms with Crippen LogP contribution in [0.2, 0.25) is 0 Å². The summed E-state index contributed by atoms with van der Waals surface area (Å²) in [6, 6.07) is 5.74. The molecule has 0 radical (unpaired) electrons. The summed E-state index contributed by atoms with van der Waals surface area (Å²) in [5, 5.41) is 3.68. The molecule has 1 aromatic rings. The average Bonchev–Trinajstić information content (AvgIpc) is 2.93. The lowest BCUT2D eigenvalue weighted by Crippen LogP contribution is -2.40. The Bertz CT molecular complexity index is 379. The van der Waals surface area contributed by atoms with Crippen LogP contribution in [-0.2, 0) is 0 Å². The first kappa shape index (κ1) is 12.2. The smallest absolute Gasteiger partial charge is 0.0701 e. The summed E-state index contributed by atoms with van der Waals surface area (Å²) in [5.41, 5.74) is 0. The van der Waals surface area contributed by atoms with Crippen molar-refractivity contribution in [2.24, 2.45) is 5.92 Å². The first-order valence-corrected chi connectivity index (χ1v) is 8.07. The SMILES string of the molecule is CC(c1ccc(Br)s1)N1CC2CCCNC2C1. The molecule has 3 unspecified atom stereocenters. The van der Waals surface area contributed by atoms with Gasteiger partial charge in [-0.25, -0.2) is 0 Å². The molecule has 0 aliphatic carbocycles. The molecular formula is C13H19BrN2S. The number of piperidine rings is 1. The summed E-state index contributed by atoms with van der Waals surface area (Å²) in [6.45, 7) is 6.05. The van der Waals surface area contributed by atoms with Crippen molar-refractivity contribution in [1.29, 1.82) is 0 Å². The number of nitrogens with zero attached hydrogens (tertiary/aromatic N) is 1. The highest BCUT2D eigenvalue weighted by Gasteiger charge is 2.36. The van der Waals surface area contributed by atoms with Crippen LogP contribution < -0.4 is 5.32 Å². The van der Waals surface area contributed by atoms with E-state index < -0.39 is 0 Å². The summed E-state index contributed by atoms with van der Waals surface area (Å²) in [7, 11) is 0.